The Bertz CT molecular complexity index is 1270. The summed E-state index contributed by atoms with van der Waals surface area (Å²) in [6.07, 6.45) is 6.23. The summed E-state index contributed by atoms with van der Waals surface area (Å²) in [5.74, 6) is -0.405. The number of hydrogen-bond donors (Lipinski definition) is 1. The number of hydrogen-bond acceptors (Lipinski definition) is 5. The molecular formula is C24H24Cl2N6O2. The number of aromatic nitrogens is 3. The summed E-state index contributed by atoms with van der Waals surface area (Å²) < 4.78 is 2.41. The van der Waals surface area contributed by atoms with Crippen LogP contribution in [0.15, 0.2) is 83.2 Å². The van der Waals surface area contributed by atoms with Gasteiger partial charge in [0.1, 0.15) is 6.54 Å². The number of primary amides is 1. The number of amides is 1. The summed E-state index contributed by atoms with van der Waals surface area (Å²) in [7, 11) is 0. The monoisotopic (exact) mass is 498 g/mol. The van der Waals surface area contributed by atoms with Crippen LogP contribution in [0.3, 0.4) is 0 Å². The van der Waals surface area contributed by atoms with E-state index in [1.165, 1.54) is 9.25 Å². The van der Waals surface area contributed by atoms with Crippen molar-refractivity contribution in [2.45, 2.75) is 19.9 Å². The quantitative estimate of drug-likeness (QED) is 0.515. The third-order valence-corrected chi connectivity index (χ3v) is 5.27. The zero-order valence-corrected chi connectivity index (χ0v) is 20.1. The van der Waals surface area contributed by atoms with Crippen molar-refractivity contribution in [1.29, 1.82) is 0 Å². The molecule has 1 amide bonds. The van der Waals surface area contributed by atoms with E-state index in [-0.39, 0.29) is 12.5 Å². The molecule has 0 radical (unpaired) electrons. The molecule has 2 aromatic carbocycles. The molecule has 0 saturated carbocycles. The molecule has 2 heterocycles. The predicted molar refractivity (Wildman–Crippen MR) is 137 cm³/mol. The van der Waals surface area contributed by atoms with Crippen molar-refractivity contribution in [3.63, 3.8) is 0 Å². The number of rotatable bonds is 6. The summed E-state index contributed by atoms with van der Waals surface area (Å²) in [5, 5.41) is 11.8. The maximum absolute atomic E-state index is 12.9. The van der Waals surface area contributed by atoms with E-state index in [2.05, 4.69) is 16.8 Å². The molecule has 1 aromatic heterocycles. The highest BCUT2D eigenvalue weighted by Crippen LogP contribution is 2.21. The van der Waals surface area contributed by atoms with Gasteiger partial charge in [-0.25, -0.2) is 14.4 Å². The van der Waals surface area contributed by atoms with Crippen molar-refractivity contribution in [3.8, 4) is 5.69 Å². The van der Waals surface area contributed by atoms with E-state index in [0.29, 0.717) is 28.7 Å². The second-order valence-corrected chi connectivity index (χ2v) is 8.08. The Balaban J connectivity index is 0.000000588. The second-order valence-electron chi connectivity index (χ2n) is 7.21. The zero-order chi connectivity index (χ0) is 24.7. The fourth-order valence-corrected chi connectivity index (χ4v) is 3.46. The molecular weight excluding hydrogens is 475 g/mol. The molecule has 0 fully saturated rings. The molecule has 0 bridgehead atoms. The third kappa shape index (κ3) is 6.03. The van der Waals surface area contributed by atoms with Crippen LogP contribution in [-0.4, -0.2) is 32.5 Å². The highest BCUT2D eigenvalue weighted by Gasteiger charge is 2.25. The van der Waals surface area contributed by atoms with Crippen LogP contribution in [0.1, 0.15) is 18.9 Å². The molecule has 176 valence electrons. The topological polar surface area (TPSA) is 98.5 Å². The largest absolute Gasteiger partial charge is 0.368 e. The van der Waals surface area contributed by atoms with Gasteiger partial charge in [-0.1, -0.05) is 60.1 Å². The predicted octanol–water partition coefficient (Wildman–Crippen LogP) is 4.19. The Morgan fingerprint density at radius 1 is 1.12 bits per heavy atom. The number of carbonyl (C=O) groups excluding carboxylic acids is 1. The number of nitrogens with two attached hydrogens (primary N) is 1. The molecule has 1 aliphatic rings. The van der Waals surface area contributed by atoms with Crippen molar-refractivity contribution >= 4 is 40.8 Å². The number of nitrogens with zero attached hydrogens (tertiary/aromatic N) is 5. The molecule has 34 heavy (non-hydrogen) atoms. The molecule has 0 aliphatic carbocycles. The molecule has 0 unspecified atom stereocenters. The summed E-state index contributed by atoms with van der Waals surface area (Å²) in [6, 6.07) is 14.0. The van der Waals surface area contributed by atoms with Gasteiger partial charge in [0.15, 0.2) is 0 Å². The molecule has 0 atom stereocenters. The van der Waals surface area contributed by atoms with Crippen LogP contribution >= 0.6 is 23.2 Å². The van der Waals surface area contributed by atoms with Gasteiger partial charge in [0.25, 0.3) is 0 Å². The molecule has 1 aliphatic heterocycles. The Labute approximate surface area is 207 Å². The highest BCUT2D eigenvalue weighted by atomic mass is 35.5. The van der Waals surface area contributed by atoms with Crippen LogP contribution in [-0.2, 0) is 11.3 Å². The minimum atomic E-state index is -0.648. The van der Waals surface area contributed by atoms with Gasteiger partial charge in [0.05, 0.1) is 17.9 Å². The standard InChI is InChI=1S/C19H16Cl2N6O2.C5H8/c20-13-3-1-12(2-4-13)16-9-10-26(23-16)18-24-27(15-7-5-14(21)6-8-15)19(29)25(18)11-17(22)28;1-3-5-4-2/h1-8H,9-11H2,(H2,22,28);3-5H,1H2,2H3/b;5-4-. The summed E-state index contributed by atoms with van der Waals surface area (Å²) in [4.78, 5) is 24.4. The lowest BCUT2D eigenvalue weighted by molar-refractivity contribution is -0.118. The summed E-state index contributed by atoms with van der Waals surface area (Å²) in [6.45, 7) is 5.63. The fraction of sp³-hybridized carbons (Fsp3) is 0.167. The maximum atomic E-state index is 12.9. The fourth-order valence-electron chi connectivity index (χ4n) is 3.20. The van der Waals surface area contributed by atoms with Crippen molar-refractivity contribution in [1.82, 2.24) is 14.3 Å². The number of carbonyl (C=O) groups is 1. The Hall–Kier alpha value is -3.62. The normalized spacial score (nSPS) is 12.9. The van der Waals surface area contributed by atoms with E-state index in [1.54, 1.807) is 47.5 Å². The average molecular weight is 499 g/mol. The lowest BCUT2D eigenvalue weighted by Gasteiger charge is -2.12. The maximum Gasteiger partial charge on any atom is 0.352 e. The van der Waals surface area contributed by atoms with Gasteiger partial charge in [-0.15, -0.1) is 5.10 Å². The van der Waals surface area contributed by atoms with E-state index in [0.717, 1.165) is 11.3 Å². The van der Waals surface area contributed by atoms with Crippen LogP contribution < -0.4 is 16.4 Å². The van der Waals surface area contributed by atoms with E-state index >= 15 is 0 Å². The SMILES string of the molecule is C=C/C=C\C.NC(=O)Cn1c(N2CCC(c3ccc(Cl)cc3)=N2)nn(-c2ccc(Cl)cc2)c1=O. The van der Waals surface area contributed by atoms with Crippen LogP contribution in [0.4, 0.5) is 5.95 Å². The minimum absolute atomic E-state index is 0.243. The second kappa shape index (κ2) is 11.5. The first-order chi connectivity index (χ1) is 16.3. The van der Waals surface area contributed by atoms with Crippen molar-refractivity contribution in [2.24, 2.45) is 10.8 Å². The zero-order valence-electron chi connectivity index (χ0n) is 18.6. The molecule has 2 N–H and O–H groups in total. The third-order valence-electron chi connectivity index (χ3n) is 4.77. The first-order valence-corrected chi connectivity index (χ1v) is 11.2. The van der Waals surface area contributed by atoms with Gasteiger partial charge in [-0.05, 0) is 48.9 Å². The average Bonchev–Trinajstić information content (AvgIpc) is 3.41. The molecule has 4 rings (SSSR count). The number of hydrazone groups is 1. The van der Waals surface area contributed by atoms with Gasteiger partial charge in [-0.2, -0.15) is 9.78 Å². The number of anilines is 1. The lowest BCUT2D eigenvalue weighted by Crippen LogP contribution is -2.31. The van der Waals surface area contributed by atoms with E-state index in [4.69, 9.17) is 28.9 Å². The van der Waals surface area contributed by atoms with Gasteiger partial charge in [0.2, 0.25) is 11.9 Å². The molecule has 3 aromatic rings. The van der Waals surface area contributed by atoms with Crippen LogP contribution in [0.25, 0.3) is 5.69 Å². The summed E-state index contributed by atoms with van der Waals surface area (Å²) >= 11 is 11.9. The molecule has 0 spiro atoms. The van der Waals surface area contributed by atoms with E-state index in [1.807, 2.05) is 31.2 Å². The van der Waals surface area contributed by atoms with Gasteiger partial charge in [0, 0.05) is 16.5 Å². The first kappa shape index (κ1) is 25.0. The van der Waals surface area contributed by atoms with Gasteiger partial charge < -0.3 is 5.73 Å². The van der Waals surface area contributed by atoms with E-state index < -0.39 is 11.6 Å². The Kier molecular flexibility index (Phi) is 8.45. The number of benzene rings is 2. The van der Waals surface area contributed by atoms with E-state index in [9.17, 15) is 9.59 Å². The molecule has 10 heteroatoms. The first-order valence-electron chi connectivity index (χ1n) is 10.4. The Morgan fingerprint density at radius 2 is 1.74 bits per heavy atom. The van der Waals surface area contributed by atoms with Crippen LogP contribution in [0.2, 0.25) is 10.0 Å². The number of halogens is 2. The highest BCUT2D eigenvalue weighted by molar-refractivity contribution is 6.31. The van der Waals surface area contributed by atoms with Crippen LogP contribution in [0, 0.1) is 0 Å². The van der Waals surface area contributed by atoms with Crippen LogP contribution in [0.5, 0.6) is 0 Å². The minimum Gasteiger partial charge on any atom is -0.368 e. The molecule has 8 nitrogen and oxygen atoms in total. The van der Waals surface area contributed by atoms with Crippen molar-refractivity contribution in [3.05, 3.63) is 99.4 Å². The smallest absolute Gasteiger partial charge is 0.352 e. The van der Waals surface area contributed by atoms with Crippen molar-refractivity contribution in [2.75, 3.05) is 11.6 Å². The summed E-state index contributed by atoms with van der Waals surface area (Å²) in [5.41, 5.74) is 7.13. The number of allylic oxidation sites excluding steroid dienone is 3. The van der Waals surface area contributed by atoms with Gasteiger partial charge in [-0.3, -0.25) is 4.79 Å². The lowest BCUT2D eigenvalue weighted by atomic mass is 10.1. The van der Waals surface area contributed by atoms with Gasteiger partial charge >= 0.3 is 5.69 Å². The Morgan fingerprint density at radius 3 is 2.26 bits per heavy atom. The van der Waals surface area contributed by atoms with Crippen molar-refractivity contribution < 1.29 is 4.79 Å². The molecule has 0 saturated heterocycles.